The Labute approximate surface area is 98.9 Å². The Morgan fingerprint density at radius 1 is 1.44 bits per heavy atom. The quantitative estimate of drug-likeness (QED) is 0.748. The highest BCUT2D eigenvalue weighted by Crippen LogP contribution is 2.06. The van der Waals surface area contributed by atoms with Gasteiger partial charge in [-0.3, -0.25) is 4.98 Å². The molecule has 0 unspecified atom stereocenters. The van der Waals surface area contributed by atoms with Crippen LogP contribution in [0.3, 0.4) is 0 Å². The molecular formula is C13H23N3. The Morgan fingerprint density at radius 2 is 2.19 bits per heavy atom. The lowest BCUT2D eigenvalue weighted by molar-refractivity contribution is 0.273. The average molecular weight is 221 g/mol. The molecule has 0 spiro atoms. The molecule has 0 bridgehead atoms. The Kier molecular flexibility index (Phi) is 5.26. The van der Waals surface area contributed by atoms with Gasteiger partial charge in [0, 0.05) is 30.2 Å². The van der Waals surface area contributed by atoms with Crippen molar-refractivity contribution >= 4 is 5.69 Å². The summed E-state index contributed by atoms with van der Waals surface area (Å²) in [6.45, 7) is 8.60. The third-order valence-electron chi connectivity index (χ3n) is 2.79. The molecule has 0 aliphatic carbocycles. The van der Waals surface area contributed by atoms with Gasteiger partial charge in [0.2, 0.25) is 0 Å². The van der Waals surface area contributed by atoms with Crippen molar-refractivity contribution in [3.63, 3.8) is 0 Å². The first kappa shape index (κ1) is 13.0. The van der Waals surface area contributed by atoms with Crippen LogP contribution in [0, 0.1) is 6.92 Å². The first-order chi connectivity index (χ1) is 7.59. The van der Waals surface area contributed by atoms with Gasteiger partial charge in [0.25, 0.3) is 0 Å². The van der Waals surface area contributed by atoms with Gasteiger partial charge in [-0.25, -0.2) is 0 Å². The maximum absolute atomic E-state index is 4.17. The van der Waals surface area contributed by atoms with Crippen molar-refractivity contribution in [2.75, 3.05) is 25.5 Å². The fourth-order valence-electron chi connectivity index (χ4n) is 1.47. The second-order valence-electron chi connectivity index (χ2n) is 4.54. The number of pyridine rings is 1. The highest BCUT2D eigenvalue weighted by molar-refractivity contribution is 5.42. The predicted molar refractivity (Wildman–Crippen MR) is 69.8 cm³/mol. The minimum Gasteiger partial charge on any atom is -0.385 e. The standard InChI is InChI=1S/C13H23N3/c1-11(2)16(4)9-5-7-15-13-6-8-14-12(3)10-13/h6,8,10-11H,5,7,9H2,1-4H3,(H,14,15). The number of rotatable bonds is 6. The number of hydrogen-bond acceptors (Lipinski definition) is 3. The van der Waals surface area contributed by atoms with Gasteiger partial charge in [-0.2, -0.15) is 0 Å². The fraction of sp³-hybridized carbons (Fsp3) is 0.615. The van der Waals surface area contributed by atoms with Crippen LogP contribution in [0.25, 0.3) is 0 Å². The van der Waals surface area contributed by atoms with Gasteiger partial charge in [-0.15, -0.1) is 0 Å². The van der Waals surface area contributed by atoms with Crippen molar-refractivity contribution in [2.24, 2.45) is 0 Å². The molecule has 0 saturated heterocycles. The molecule has 3 nitrogen and oxygen atoms in total. The summed E-state index contributed by atoms with van der Waals surface area (Å²) in [6.07, 6.45) is 3.01. The molecule has 1 rings (SSSR count). The Hall–Kier alpha value is -1.09. The van der Waals surface area contributed by atoms with Crippen LogP contribution in [-0.4, -0.2) is 36.1 Å². The molecule has 0 fully saturated rings. The molecule has 16 heavy (non-hydrogen) atoms. The summed E-state index contributed by atoms with van der Waals surface area (Å²) in [5.41, 5.74) is 2.23. The fourth-order valence-corrected chi connectivity index (χ4v) is 1.47. The summed E-state index contributed by atoms with van der Waals surface area (Å²) in [5, 5.41) is 3.41. The second kappa shape index (κ2) is 6.48. The highest BCUT2D eigenvalue weighted by Gasteiger charge is 2.01. The SMILES string of the molecule is Cc1cc(NCCCN(C)C(C)C)ccn1. The zero-order valence-electron chi connectivity index (χ0n) is 10.8. The molecule has 0 saturated carbocycles. The lowest BCUT2D eigenvalue weighted by Gasteiger charge is -2.20. The summed E-state index contributed by atoms with van der Waals surface area (Å²) >= 11 is 0. The van der Waals surface area contributed by atoms with Crippen LogP contribution in [0.4, 0.5) is 5.69 Å². The molecule has 1 N–H and O–H groups in total. The van der Waals surface area contributed by atoms with Gasteiger partial charge in [0.15, 0.2) is 0 Å². The van der Waals surface area contributed by atoms with E-state index in [0.29, 0.717) is 6.04 Å². The average Bonchev–Trinajstić information content (AvgIpc) is 2.24. The number of anilines is 1. The minimum absolute atomic E-state index is 0.628. The van der Waals surface area contributed by atoms with Gasteiger partial charge < -0.3 is 10.2 Å². The van der Waals surface area contributed by atoms with Crippen LogP contribution in [0.15, 0.2) is 18.3 Å². The number of hydrogen-bond donors (Lipinski definition) is 1. The summed E-state index contributed by atoms with van der Waals surface area (Å²) in [7, 11) is 2.17. The number of nitrogens with one attached hydrogen (secondary N) is 1. The van der Waals surface area contributed by atoms with E-state index in [0.717, 1.165) is 25.2 Å². The van der Waals surface area contributed by atoms with Crippen molar-refractivity contribution in [1.82, 2.24) is 9.88 Å². The smallest absolute Gasteiger partial charge is 0.0393 e. The van der Waals surface area contributed by atoms with Gasteiger partial charge in [-0.05, 0) is 52.9 Å². The zero-order chi connectivity index (χ0) is 12.0. The van der Waals surface area contributed by atoms with Crippen molar-refractivity contribution in [2.45, 2.75) is 33.2 Å². The lowest BCUT2D eigenvalue weighted by Crippen LogP contribution is -2.28. The molecule has 0 aromatic carbocycles. The van der Waals surface area contributed by atoms with E-state index >= 15 is 0 Å². The van der Waals surface area contributed by atoms with Crippen LogP contribution in [0.1, 0.15) is 26.0 Å². The van der Waals surface area contributed by atoms with E-state index in [1.165, 1.54) is 5.69 Å². The maximum Gasteiger partial charge on any atom is 0.0393 e. The van der Waals surface area contributed by atoms with E-state index in [4.69, 9.17) is 0 Å². The normalized spacial score (nSPS) is 11.1. The molecule has 0 atom stereocenters. The lowest BCUT2D eigenvalue weighted by atomic mass is 10.3. The minimum atomic E-state index is 0.628. The third-order valence-corrected chi connectivity index (χ3v) is 2.79. The maximum atomic E-state index is 4.17. The first-order valence-corrected chi connectivity index (χ1v) is 5.96. The molecule has 0 amide bonds. The number of nitrogens with zero attached hydrogens (tertiary/aromatic N) is 2. The largest absolute Gasteiger partial charge is 0.385 e. The van der Waals surface area contributed by atoms with Crippen molar-refractivity contribution in [3.8, 4) is 0 Å². The molecule has 1 heterocycles. The van der Waals surface area contributed by atoms with Crippen molar-refractivity contribution in [1.29, 1.82) is 0 Å². The van der Waals surface area contributed by atoms with Gasteiger partial charge in [-0.1, -0.05) is 0 Å². The highest BCUT2D eigenvalue weighted by atomic mass is 15.1. The molecule has 3 heteroatoms. The molecular weight excluding hydrogens is 198 g/mol. The van der Waals surface area contributed by atoms with Crippen molar-refractivity contribution in [3.05, 3.63) is 24.0 Å². The van der Waals surface area contributed by atoms with Gasteiger partial charge in [0.05, 0.1) is 0 Å². The molecule has 90 valence electrons. The van der Waals surface area contributed by atoms with Gasteiger partial charge >= 0.3 is 0 Å². The second-order valence-corrected chi connectivity index (χ2v) is 4.54. The molecule has 0 radical (unpaired) electrons. The number of aryl methyl sites for hydroxylation is 1. The van der Waals surface area contributed by atoms with Crippen LogP contribution >= 0.6 is 0 Å². The third kappa shape index (κ3) is 4.62. The van der Waals surface area contributed by atoms with Crippen LogP contribution in [0.5, 0.6) is 0 Å². The predicted octanol–water partition coefficient (Wildman–Crippen LogP) is 2.53. The van der Waals surface area contributed by atoms with E-state index in [1.54, 1.807) is 0 Å². The summed E-state index contributed by atoms with van der Waals surface area (Å²) in [6, 6.07) is 4.72. The molecule has 1 aromatic heterocycles. The topological polar surface area (TPSA) is 28.2 Å². The van der Waals surface area contributed by atoms with E-state index < -0.39 is 0 Å². The van der Waals surface area contributed by atoms with Crippen LogP contribution < -0.4 is 5.32 Å². The summed E-state index contributed by atoms with van der Waals surface area (Å²) < 4.78 is 0. The van der Waals surface area contributed by atoms with E-state index in [9.17, 15) is 0 Å². The Morgan fingerprint density at radius 3 is 2.81 bits per heavy atom. The van der Waals surface area contributed by atoms with Crippen LogP contribution in [0.2, 0.25) is 0 Å². The van der Waals surface area contributed by atoms with E-state index in [-0.39, 0.29) is 0 Å². The summed E-state index contributed by atoms with van der Waals surface area (Å²) in [4.78, 5) is 6.53. The monoisotopic (exact) mass is 221 g/mol. The van der Waals surface area contributed by atoms with Crippen LogP contribution in [-0.2, 0) is 0 Å². The first-order valence-electron chi connectivity index (χ1n) is 5.96. The van der Waals surface area contributed by atoms with Crippen molar-refractivity contribution < 1.29 is 0 Å². The Bertz CT molecular complexity index is 310. The molecule has 0 aliphatic heterocycles. The molecule has 1 aromatic rings. The van der Waals surface area contributed by atoms with Gasteiger partial charge in [0.1, 0.15) is 0 Å². The molecule has 0 aliphatic rings. The van der Waals surface area contributed by atoms with E-state index in [1.807, 2.05) is 19.2 Å². The number of aromatic nitrogens is 1. The van der Waals surface area contributed by atoms with E-state index in [2.05, 4.69) is 42.2 Å². The zero-order valence-corrected chi connectivity index (χ0v) is 10.8. The Balaban J connectivity index is 2.21. The summed E-state index contributed by atoms with van der Waals surface area (Å²) in [5.74, 6) is 0.